The summed E-state index contributed by atoms with van der Waals surface area (Å²) in [5, 5.41) is 0. The van der Waals surface area contributed by atoms with E-state index >= 15 is 0 Å². The minimum absolute atomic E-state index is 1.06. The Bertz CT molecular complexity index is 215. The lowest BCUT2D eigenvalue weighted by atomic mass is 10.6. The van der Waals surface area contributed by atoms with Crippen LogP contribution in [0.15, 0.2) is 0 Å². The lowest BCUT2D eigenvalue weighted by molar-refractivity contribution is 0.249. The Labute approximate surface area is 134 Å². The molecule has 122 valence electrons. The quantitative estimate of drug-likeness (QED) is 0.282. The second kappa shape index (κ2) is 11.5. The Kier molecular flexibility index (Phi) is 12.1. The molecule has 20 heavy (non-hydrogen) atoms. The molecule has 0 aromatic heterocycles. The fraction of sp³-hybridized carbons (Fsp3) is 1.00. The van der Waals surface area contributed by atoms with E-state index in [-0.39, 0.29) is 0 Å². The minimum Gasteiger partial charge on any atom is -0.398 e. The van der Waals surface area contributed by atoms with Crippen LogP contribution in [0.3, 0.4) is 0 Å². The first-order valence-corrected chi connectivity index (χ1v) is 14.4. The maximum atomic E-state index is 5.47. The highest BCUT2D eigenvalue weighted by atomic mass is 33.1. The van der Waals surface area contributed by atoms with Crippen LogP contribution in [0.5, 0.6) is 0 Å². The summed E-state index contributed by atoms with van der Waals surface area (Å²) in [7, 11) is 7.19. The molecular formula is C12H30O4S2Si2. The van der Waals surface area contributed by atoms with E-state index in [9.17, 15) is 0 Å². The van der Waals surface area contributed by atoms with E-state index in [1.807, 2.05) is 21.6 Å². The lowest BCUT2D eigenvalue weighted by Crippen LogP contribution is -2.35. The van der Waals surface area contributed by atoms with Crippen molar-refractivity contribution in [2.24, 2.45) is 0 Å². The molecule has 0 N–H and O–H groups in total. The van der Waals surface area contributed by atoms with Gasteiger partial charge in [-0.1, -0.05) is 21.6 Å². The molecule has 0 saturated heterocycles. The maximum Gasteiger partial charge on any atom is 0.334 e. The molecule has 0 aliphatic carbocycles. The molecule has 0 amide bonds. The van der Waals surface area contributed by atoms with E-state index in [1.54, 1.807) is 28.4 Å². The third kappa shape index (κ3) is 9.09. The summed E-state index contributed by atoms with van der Waals surface area (Å²) in [4.78, 5) is 0. The molecule has 4 nitrogen and oxygen atoms in total. The Hall–Kier alpha value is 0.974. The highest BCUT2D eigenvalue weighted by Gasteiger charge is 2.28. The minimum atomic E-state index is -1.86. The molecule has 0 heterocycles. The Morgan fingerprint density at radius 1 is 0.650 bits per heavy atom. The van der Waals surface area contributed by atoms with Crippen molar-refractivity contribution >= 4 is 38.7 Å². The normalized spacial score (nSPS) is 12.9. The molecular weight excluding hydrogens is 328 g/mol. The molecule has 0 unspecified atom stereocenters. The van der Waals surface area contributed by atoms with Crippen molar-refractivity contribution in [2.45, 2.75) is 38.0 Å². The smallest absolute Gasteiger partial charge is 0.334 e. The molecule has 0 fully saturated rings. The van der Waals surface area contributed by atoms with Crippen LogP contribution < -0.4 is 0 Å². The molecule has 8 heteroatoms. The summed E-state index contributed by atoms with van der Waals surface area (Å²) in [6, 6.07) is 2.12. The van der Waals surface area contributed by atoms with Crippen molar-refractivity contribution in [1.82, 2.24) is 0 Å². The van der Waals surface area contributed by atoms with Crippen LogP contribution in [0, 0.1) is 0 Å². The van der Waals surface area contributed by atoms with Gasteiger partial charge in [0, 0.05) is 39.9 Å². The van der Waals surface area contributed by atoms with E-state index < -0.39 is 17.1 Å². The molecule has 0 radical (unpaired) electrons. The van der Waals surface area contributed by atoms with Gasteiger partial charge in [-0.15, -0.1) is 0 Å². The zero-order chi connectivity index (χ0) is 15.5. The second-order valence-electron chi connectivity index (χ2n) is 4.94. The Morgan fingerprint density at radius 3 is 1.20 bits per heavy atom. The van der Waals surface area contributed by atoms with Gasteiger partial charge < -0.3 is 17.7 Å². The van der Waals surface area contributed by atoms with Gasteiger partial charge >= 0.3 is 17.1 Å². The molecule has 0 bridgehead atoms. The summed E-state index contributed by atoms with van der Waals surface area (Å²) in [5.41, 5.74) is 0. The van der Waals surface area contributed by atoms with Crippen molar-refractivity contribution in [3.63, 3.8) is 0 Å². The van der Waals surface area contributed by atoms with E-state index in [0.29, 0.717) is 0 Å². The highest BCUT2D eigenvalue weighted by molar-refractivity contribution is 8.76. The molecule has 0 aromatic rings. The van der Waals surface area contributed by atoms with Crippen molar-refractivity contribution in [2.75, 3.05) is 39.9 Å². The molecule has 0 atom stereocenters. The first kappa shape index (κ1) is 21.0. The van der Waals surface area contributed by atoms with Gasteiger partial charge in [-0.2, -0.15) is 0 Å². The summed E-state index contributed by atoms with van der Waals surface area (Å²) >= 11 is 0. The monoisotopic (exact) mass is 358 g/mol. The SMILES string of the molecule is CO[Si](C)(CCCSSCCC[Si](C)(OC)OC)OC. The molecule has 0 rings (SSSR count). The van der Waals surface area contributed by atoms with Crippen LogP contribution in [0.1, 0.15) is 12.8 Å². The van der Waals surface area contributed by atoms with Gasteiger partial charge in [0.05, 0.1) is 0 Å². The fourth-order valence-electron chi connectivity index (χ4n) is 1.60. The third-order valence-corrected chi connectivity index (χ3v) is 12.1. The van der Waals surface area contributed by atoms with Gasteiger partial charge in [-0.25, -0.2) is 0 Å². The van der Waals surface area contributed by atoms with Crippen LogP contribution in [0.4, 0.5) is 0 Å². The van der Waals surface area contributed by atoms with Gasteiger partial charge in [0.15, 0.2) is 0 Å². The summed E-state index contributed by atoms with van der Waals surface area (Å²) < 4.78 is 21.9. The zero-order valence-corrected chi connectivity index (χ0v) is 17.3. The lowest BCUT2D eigenvalue weighted by Gasteiger charge is -2.22. The van der Waals surface area contributed by atoms with Gasteiger partial charge in [0.1, 0.15) is 0 Å². The van der Waals surface area contributed by atoms with Crippen LogP contribution >= 0.6 is 21.6 Å². The first-order valence-electron chi connectivity index (χ1n) is 6.90. The van der Waals surface area contributed by atoms with Crippen molar-refractivity contribution in [3.8, 4) is 0 Å². The van der Waals surface area contributed by atoms with E-state index in [0.717, 1.165) is 36.4 Å². The predicted molar refractivity (Wildman–Crippen MR) is 95.0 cm³/mol. The predicted octanol–water partition coefficient (Wildman–Crippen LogP) is 3.88. The molecule has 0 saturated carbocycles. The average molecular weight is 359 g/mol. The fourth-order valence-corrected chi connectivity index (χ4v) is 7.07. The van der Waals surface area contributed by atoms with Crippen LogP contribution in [-0.2, 0) is 17.7 Å². The molecule has 0 aliphatic heterocycles. The zero-order valence-electron chi connectivity index (χ0n) is 13.7. The summed E-state index contributed by atoms with van der Waals surface area (Å²) in [5.74, 6) is 2.31. The van der Waals surface area contributed by atoms with Crippen LogP contribution in [0.25, 0.3) is 0 Å². The highest BCUT2D eigenvalue weighted by Crippen LogP contribution is 2.27. The summed E-state index contributed by atoms with van der Waals surface area (Å²) in [6.07, 6.45) is 2.31. The second-order valence-corrected chi connectivity index (χ2v) is 14.8. The van der Waals surface area contributed by atoms with Crippen LogP contribution in [0.2, 0.25) is 25.2 Å². The van der Waals surface area contributed by atoms with E-state index in [1.165, 1.54) is 0 Å². The summed E-state index contributed by atoms with van der Waals surface area (Å²) in [6.45, 7) is 4.23. The number of hydrogen-bond donors (Lipinski definition) is 0. The molecule has 0 spiro atoms. The van der Waals surface area contributed by atoms with Crippen molar-refractivity contribution in [1.29, 1.82) is 0 Å². The van der Waals surface area contributed by atoms with Crippen molar-refractivity contribution in [3.05, 3.63) is 0 Å². The average Bonchev–Trinajstić information content (AvgIpc) is 2.49. The Morgan fingerprint density at radius 2 is 0.950 bits per heavy atom. The van der Waals surface area contributed by atoms with Gasteiger partial charge in [-0.05, 0) is 38.0 Å². The molecule has 0 aromatic carbocycles. The van der Waals surface area contributed by atoms with Crippen molar-refractivity contribution < 1.29 is 17.7 Å². The molecule has 0 aliphatic rings. The number of hydrogen-bond acceptors (Lipinski definition) is 6. The largest absolute Gasteiger partial charge is 0.398 e. The van der Waals surface area contributed by atoms with Gasteiger partial charge in [-0.3, -0.25) is 0 Å². The first-order chi connectivity index (χ1) is 9.45. The number of rotatable bonds is 13. The third-order valence-electron chi connectivity index (χ3n) is 3.53. The Balaban J connectivity index is 3.50. The van der Waals surface area contributed by atoms with Gasteiger partial charge in [0.2, 0.25) is 0 Å². The standard InChI is InChI=1S/C12H30O4S2Si2/c1-13-19(5,14-2)11-7-9-17-18-10-8-12-20(6,15-3)16-4/h7-12H2,1-6H3. The van der Waals surface area contributed by atoms with Gasteiger partial charge in [0.25, 0.3) is 0 Å². The van der Waals surface area contributed by atoms with E-state index in [4.69, 9.17) is 17.7 Å². The van der Waals surface area contributed by atoms with Crippen LogP contribution in [-0.4, -0.2) is 57.1 Å². The topological polar surface area (TPSA) is 36.9 Å². The van der Waals surface area contributed by atoms with E-state index in [2.05, 4.69) is 13.1 Å². The maximum absolute atomic E-state index is 5.47.